The molecule has 0 aliphatic carbocycles. The first-order valence-corrected chi connectivity index (χ1v) is 8.47. The Morgan fingerprint density at radius 2 is 2.16 bits per heavy atom. The molecule has 128 valence electrons. The van der Waals surface area contributed by atoms with E-state index in [0.29, 0.717) is 31.3 Å². The summed E-state index contributed by atoms with van der Waals surface area (Å²) in [5.74, 6) is 1.37. The van der Waals surface area contributed by atoms with Crippen molar-refractivity contribution in [3.8, 4) is 5.88 Å². The fourth-order valence-electron chi connectivity index (χ4n) is 3.25. The zero-order valence-electron chi connectivity index (χ0n) is 14.1. The summed E-state index contributed by atoms with van der Waals surface area (Å²) in [5, 5.41) is 1.15. The van der Waals surface area contributed by atoms with Crippen molar-refractivity contribution in [1.29, 1.82) is 0 Å². The molecule has 1 unspecified atom stereocenters. The Morgan fingerprint density at radius 1 is 1.28 bits per heavy atom. The van der Waals surface area contributed by atoms with Gasteiger partial charge in [0.25, 0.3) is 0 Å². The highest BCUT2D eigenvalue weighted by atomic mass is 16.5. The minimum Gasteiger partial charge on any atom is -0.472 e. The number of benzene rings is 1. The Labute approximate surface area is 146 Å². The maximum atomic E-state index is 12.6. The van der Waals surface area contributed by atoms with Gasteiger partial charge in [-0.05, 0) is 24.4 Å². The molecule has 0 bridgehead atoms. The van der Waals surface area contributed by atoms with Crippen LogP contribution < -0.4 is 4.74 Å². The van der Waals surface area contributed by atoms with E-state index in [-0.39, 0.29) is 12.0 Å². The van der Waals surface area contributed by atoms with Gasteiger partial charge in [-0.3, -0.25) is 4.79 Å². The highest BCUT2D eigenvalue weighted by Crippen LogP contribution is 2.19. The number of nitrogens with zero attached hydrogens (tertiary/aromatic N) is 4. The second-order valence-electron chi connectivity index (χ2n) is 6.31. The highest BCUT2D eigenvalue weighted by molar-refractivity contribution is 5.83. The van der Waals surface area contributed by atoms with E-state index in [1.54, 1.807) is 12.3 Å². The molecule has 1 aliphatic rings. The summed E-state index contributed by atoms with van der Waals surface area (Å²) in [7, 11) is 0. The van der Waals surface area contributed by atoms with E-state index in [0.717, 1.165) is 17.3 Å². The summed E-state index contributed by atoms with van der Waals surface area (Å²) < 4.78 is 7.89. The van der Waals surface area contributed by atoms with Gasteiger partial charge in [0.2, 0.25) is 11.8 Å². The van der Waals surface area contributed by atoms with Crippen molar-refractivity contribution in [3.05, 3.63) is 54.6 Å². The van der Waals surface area contributed by atoms with Gasteiger partial charge in [-0.2, -0.15) is 4.98 Å². The van der Waals surface area contributed by atoms with E-state index in [2.05, 4.69) is 16.0 Å². The summed E-state index contributed by atoms with van der Waals surface area (Å²) in [5.41, 5.74) is 1.08. The van der Waals surface area contributed by atoms with Crippen LogP contribution in [0, 0.1) is 6.92 Å². The number of para-hydroxylation sites is 1. The van der Waals surface area contributed by atoms with Crippen molar-refractivity contribution < 1.29 is 9.53 Å². The second kappa shape index (κ2) is 6.55. The third-order valence-corrected chi connectivity index (χ3v) is 4.52. The number of carbonyl (C=O) groups excluding carboxylic acids is 1. The van der Waals surface area contributed by atoms with Crippen LogP contribution in [-0.2, 0) is 11.3 Å². The molecule has 25 heavy (non-hydrogen) atoms. The van der Waals surface area contributed by atoms with Crippen molar-refractivity contribution in [2.75, 3.05) is 13.1 Å². The lowest BCUT2D eigenvalue weighted by molar-refractivity contribution is -0.131. The summed E-state index contributed by atoms with van der Waals surface area (Å²) in [4.78, 5) is 22.8. The van der Waals surface area contributed by atoms with Crippen molar-refractivity contribution >= 4 is 16.8 Å². The van der Waals surface area contributed by atoms with E-state index in [1.807, 2.05) is 46.9 Å². The third kappa shape index (κ3) is 3.33. The zero-order valence-corrected chi connectivity index (χ0v) is 14.1. The van der Waals surface area contributed by atoms with Crippen LogP contribution in [0.5, 0.6) is 5.88 Å². The van der Waals surface area contributed by atoms with Crippen molar-refractivity contribution in [2.45, 2.75) is 26.0 Å². The van der Waals surface area contributed by atoms with Crippen LogP contribution in [0.4, 0.5) is 0 Å². The molecule has 0 spiro atoms. The molecule has 0 N–H and O–H groups in total. The topological polar surface area (TPSA) is 60.2 Å². The Bertz CT molecular complexity index is 905. The quantitative estimate of drug-likeness (QED) is 0.734. The van der Waals surface area contributed by atoms with Gasteiger partial charge in [0, 0.05) is 36.9 Å². The molecule has 0 saturated carbocycles. The monoisotopic (exact) mass is 336 g/mol. The lowest BCUT2D eigenvalue weighted by Crippen LogP contribution is -2.33. The van der Waals surface area contributed by atoms with Gasteiger partial charge in [-0.15, -0.1) is 0 Å². The van der Waals surface area contributed by atoms with Gasteiger partial charge < -0.3 is 14.2 Å². The maximum absolute atomic E-state index is 12.6. The predicted molar refractivity (Wildman–Crippen MR) is 94.3 cm³/mol. The number of aryl methyl sites for hydroxylation is 1. The maximum Gasteiger partial charge on any atom is 0.242 e. The fourth-order valence-corrected chi connectivity index (χ4v) is 3.25. The largest absolute Gasteiger partial charge is 0.472 e. The minimum absolute atomic E-state index is 0.0142. The number of aromatic nitrogens is 3. The number of hydrogen-bond donors (Lipinski definition) is 0. The zero-order chi connectivity index (χ0) is 17.2. The Balaban J connectivity index is 1.39. The van der Waals surface area contributed by atoms with Crippen molar-refractivity contribution in [3.63, 3.8) is 0 Å². The first-order chi connectivity index (χ1) is 12.2. The number of amides is 1. The molecule has 1 saturated heterocycles. The standard InChI is InChI=1S/C19H20N4O2/c1-14-20-9-6-18(21-14)25-16-8-11-23(12-16)19(24)13-22-10-7-15-4-2-3-5-17(15)22/h2-7,9-10,16H,8,11-13H2,1H3. The Morgan fingerprint density at radius 3 is 3.04 bits per heavy atom. The second-order valence-corrected chi connectivity index (χ2v) is 6.31. The number of fused-ring (bicyclic) bond motifs is 1. The summed E-state index contributed by atoms with van der Waals surface area (Å²) in [6, 6.07) is 11.9. The molecule has 1 fully saturated rings. The van der Waals surface area contributed by atoms with E-state index in [9.17, 15) is 4.79 Å². The summed E-state index contributed by atoms with van der Waals surface area (Å²) in [6.45, 7) is 3.50. The molecular formula is C19H20N4O2. The van der Waals surface area contributed by atoms with E-state index in [4.69, 9.17) is 4.74 Å². The predicted octanol–water partition coefficient (Wildman–Crippen LogP) is 2.42. The molecule has 1 aliphatic heterocycles. The highest BCUT2D eigenvalue weighted by Gasteiger charge is 2.28. The Kier molecular flexibility index (Phi) is 4.09. The van der Waals surface area contributed by atoms with Crippen molar-refractivity contribution in [2.24, 2.45) is 0 Å². The van der Waals surface area contributed by atoms with E-state index < -0.39 is 0 Å². The molecular weight excluding hydrogens is 316 g/mol. The summed E-state index contributed by atoms with van der Waals surface area (Å²) >= 11 is 0. The first-order valence-electron chi connectivity index (χ1n) is 8.47. The number of hydrogen-bond acceptors (Lipinski definition) is 4. The fraction of sp³-hybridized carbons (Fsp3) is 0.316. The molecule has 6 heteroatoms. The normalized spacial score (nSPS) is 17.2. The van der Waals surface area contributed by atoms with Crippen LogP contribution in [0.1, 0.15) is 12.2 Å². The Hall–Kier alpha value is -2.89. The average Bonchev–Trinajstić information content (AvgIpc) is 3.23. The molecule has 3 heterocycles. The van der Waals surface area contributed by atoms with Crippen LogP contribution in [0.25, 0.3) is 10.9 Å². The van der Waals surface area contributed by atoms with Crippen LogP contribution in [0.2, 0.25) is 0 Å². The van der Waals surface area contributed by atoms with E-state index in [1.165, 1.54) is 0 Å². The van der Waals surface area contributed by atoms with Crippen molar-refractivity contribution in [1.82, 2.24) is 19.4 Å². The van der Waals surface area contributed by atoms with Gasteiger partial charge >= 0.3 is 0 Å². The molecule has 6 nitrogen and oxygen atoms in total. The number of carbonyl (C=O) groups is 1. The van der Waals surface area contributed by atoms with Gasteiger partial charge in [0.1, 0.15) is 18.5 Å². The van der Waals surface area contributed by atoms with E-state index >= 15 is 0 Å². The molecule has 1 atom stereocenters. The SMILES string of the molecule is Cc1nccc(OC2CCN(C(=O)Cn3ccc4ccccc43)C2)n1. The van der Waals surface area contributed by atoms with Gasteiger partial charge in [0.15, 0.2) is 0 Å². The number of ether oxygens (including phenoxy) is 1. The van der Waals surface area contributed by atoms with Crippen LogP contribution in [0.3, 0.4) is 0 Å². The molecule has 0 radical (unpaired) electrons. The smallest absolute Gasteiger partial charge is 0.242 e. The third-order valence-electron chi connectivity index (χ3n) is 4.52. The molecule has 1 aromatic carbocycles. The lowest BCUT2D eigenvalue weighted by atomic mass is 10.2. The minimum atomic E-state index is -0.0142. The average molecular weight is 336 g/mol. The molecule has 3 aromatic rings. The van der Waals surface area contributed by atoms with Gasteiger partial charge in [-0.25, -0.2) is 4.98 Å². The molecule has 4 rings (SSSR count). The van der Waals surface area contributed by atoms with Crippen LogP contribution >= 0.6 is 0 Å². The number of rotatable bonds is 4. The molecule has 1 amide bonds. The lowest BCUT2D eigenvalue weighted by Gasteiger charge is -2.17. The van der Waals surface area contributed by atoms with Crippen LogP contribution in [0.15, 0.2) is 48.8 Å². The number of likely N-dealkylation sites (tertiary alicyclic amines) is 1. The van der Waals surface area contributed by atoms with Crippen LogP contribution in [-0.4, -0.2) is 44.5 Å². The van der Waals surface area contributed by atoms with Gasteiger partial charge in [-0.1, -0.05) is 18.2 Å². The molecule has 2 aromatic heterocycles. The summed E-state index contributed by atoms with van der Waals surface area (Å²) in [6.07, 6.45) is 4.46. The van der Waals surface area contributed by atoms with Gasteiger partial charge in [0.05, 0.1) is 6.54 Å². The first kappa shape index (κ1) is 15.6.